The van der Waals surface area contributed by atoms with Crippen molar-refractivity contribution in [2.75, 3.05) is 20.2 Å². The van der Waals surface area contributed by atoms with Crippen molar-refractivity contribution in [1.82, 2.24) is 10.4 Å². The molecule has 0 spiro atoms. The second-order valence-corrected chi connectivity index (χ2v) is 8.02. The summed E-state index contributed by atoms with van der Waals surface area (Å²) in [5.41, 5.74) is 4.19. The first-order valence-electron chi connectivity index (χ1n) is 10.6. The number of hydrogen-bond donors (Lipinski definition) is 2. The summed E-state index contributed by atoms with van der Waals surface area (Å²) < 4.78 is 5.17. The van der Waals surface area contributed by atoms with Crippen LogP contribution in [0.5, 0.6) is 0 Å². The highest BCUT2D eigenvalue weighted by molar-refractivity contribution is 6.30. The van der Waals surface area contributed by atoms with Crippen molar-refractivity contribution in [3.63, 3.8) is 0 Å². The van der Waals surface area contributed by atoms with Crippen molar-refractivity contribution in [2.24, 2.45) is 0 Å². The molecule has 164 valence electrons. The van der Waals surface area contributed by atoms with Crippen molar-refractivity contribution in [3.8, 4) is 0 Å². The molecule has 1 unspecified atom stereocenters. The first-order valence-corrected chi connectivity index (χ1v) is 10.9. The Hall–Kier alpha value is -1.92. The lowest BCUT2D eigenvalue weighted by Gasteiger charge is -2.26. The Morgan fingerprint density at radius 2 is 1.73 bits per heavy atom. The Labute approximate surface area is 185 Å². The number of nitrogens with one attached hydrogen (secondary N) is 1. The predicted octanol–water partition coefficient (Wildman–Crippen LogP) is 4.86. The van der Waals surface area contributed by atoms with Crippen LogP contribution in [0.15, 0.2) is 54.6 Å². The zero-order valence-electron chi connectivity index (χ0n) is 17.7. The van der Waals surface area contributed by atoms with Crippen molar-refractivity contribution >= 4 is 17.5 Å². The molecule has 6 heteroatoms. The summed E-state index contributed by atoms with van der Waals surface area (Å²) in [6.07, 6.45) is 5.66. The van der Waals surface area contributed by atoms with Gasteiger partial charge in [-0.2, -0.15) is 0 Å². The SMILES string of the molecule is COC(CCc1ccc(Cl)cc1)CC(=O)NO.c1ccc(CN2CCCCC2)cc1. The van der Waals surface area contributed by atoms with Gasteiger partial charge in [0, 0.05) is 18.7 Å². The maximum atomic E-state index is 11.0. The summed E-state index contributed by atoms with van der Waals surface area (Å²) >= 11 is 5.78. The maximum absolute atomic E-state index is 11.0. The molecule has 1 fully saturated rings. The molecule has 0 aliphatic carbocycles. The molecule has 0 radical (unpaired) electrons. The highest BCUT2D eigenvalue weighted by Gasteiger charge is 2.12. The first-order chi connectivity index (χ1) is 14.6. The normalized spacial score (nSPS) is 15.0. The molecule has 0 aromatic heterocycles. The number of ether oxygens (including phenoxy) is 1. The number of benzene rings is 2. The largest absolute Gasteiger partial charge is 0.381 e. The van der Waals surface area contributed by atoms with Gasteiger partial charge in [-0.25, -0.2) is 5.48 Å². The fourth-order valence-electron chi connectivity index (χ4n) is 3.49. The lowest BCUT2D eigenvalue weighted by atomic mass is 10.0. The van der Waals surface area contributed by atoms with Crippen molar-refractivity contribution in [3.05, 3.63) is 70.7 Å². The highest BCUT2D eigenvalue weighted by atomic mass is 35.5. The molecule has 2 N–H and O–H groups in total. The second kappa shape index (κ2) is 14.1. The number of amides is 1. The van der Waals surface area contributed by atoms with E-state index in [2.05, 4.69) is 35.2 Å². The number of rotatable bonds is 8. The third-order valence-corrected chi connectivity index (χ3v) is 5.49. The van der Waals surface area contributed by atoms with Gasteiger partial charge >= 0.3 is 0 Å². The van der Waals surface area contributed by atoms with Crippen LogP contribution < -0.4 is 5.48 Å². The molecule has 2 aromatic carbocycles. The van der Waals surface area contributed by atoms with Crippen LogP contribution in [0.1, 0.15) is 43.2 Å². The summed E-state index contributed by atoms with van der Waals surface area (Å²) in [4.78, 5) is 13.5. The number of piperidine rings is 1. The van der Waals surface area contributed by atoms with Crippen LogP contribution in [0.2, 0.25) is 5.02 Å². The third-order valence-electron chi connectivity index (χ3n) is 5.24. The Morgan fingerprint density at radius 3 is 2.33 bits per heavy atom. The minimum Gasteiger partial charge on any atom is -0.381 e. The molecule has 30 heavy (non-hydrogen) atoms. The van der Waals surface area contributed by atoms with Crippen molar-refractivity contribution < 1.29 is 14.7 Å². The molecule has 1 amide bonds. The smallest absolute Gasteiger partial charge is 0.245 e. The average Bonchev–Trinajstić information content (AvgIpc) is 2.79. The van der Waals surface area contributed by atoms with E-state index in [1.54, 1.807) is 12.6 Å². The Kier molecular flexibility index (Phi) is 11.5. The summed E-state index contributed by atoms with van der Waals surface area (Å²) in [6.45, 7) is 3.71. The number of hydrogen-bond acceptors (Lipinski definition) is 4. The highest BCUT2D eigenvalue weighted by Crippen LogP contribution is 2.14. The number of aryl methyl sites for hydroxylation is 1. The Bertz CT molecular complexity index is 719. The van der Waals surface area contributed by atoms with E-state index in [1.165, 1.54) is 37.9 Å². The maximum Gasteiger partial charge on any atom is 0.245 e. The third kappa shape index (κ3) is 9.72. The zero-order chi connectivity index (χ0) is 21.6. The molecule has 0 bridgehead atoms. The predicted molar refractivity (Wildman–Crippen MR) is 121 cm³/mol. The zero-order valence-corrected chi connectivity index (χ0v) is 18.5. The van der Waals surface area contributed by atoms with E-state index >= 15 is 0 Å². The van der Waals surface area contributed by atoms with E-state index in [4.69, 9.17) is 21.5 Å². The number of nitrogens with zero attached hydrogens (tertiary/aromatic N) is 1. The summed E-state index contributed by atoms with van der Waals surface area (Å²) in [5.74, 6) is -0.437. The van der Waals surface area contributed by atoms with Gasteiger partial charge < -0.3 is 4.74 Å². The summed E-state index contributed by atoms with van der Waals surface area (Å²) in [7, 11) is 1.55. The summed E-state index contributed by atoms with van der Waals surface area (Å²) in [5, 5.41) is 9.13. The fraction of sp³-hybridized carbons (Fsp3) is 0.458. The number of likely N-dealkylation sites (tertiary alicyclic amines) is 1. The molecule has 1 aliphatic rings. The first kappa shape index (κ1) is 24.4. The minimum atomic E-state index is -0.437. The van der Waals surface area contributed by atoms with E-state index in [-0.39, 0.29) is 12.5 Å². The second-order valence-electron chi connectivity index (χ2n) is 7.58. The molecular formula is C24H33ClN2O3. The van der Waals surface area contributed by atoms with E-state index in [9.17, 15) is 4.79 Å². The van der Waals surface area contributed by atoms with Crippen molar-refractivity contribution in [2.45, 2.75) is 51.2 Å². The monoisotopic (exact) mass is 432 g/mol. The number of methoxy groups -OCH3 is 1. The molecule has 1 aliphatic heterocycles. The topological polar surface area (TPSA) is 61.8 Å². The van der Waals surface area contributed by atoms with Gasteiger partial charge in [-0.1, -0.05) is 60.5 Å². The molecule has 5 nitrogen and oxygen atoms in total. The van der Waals surface area contributed by atoms with Crippen LogP contribution in [-0.4, -0.2) is 42.3 Å². The standard InChI is InChI=1S/C12H16ClNO3.C12H17N/c1-17-11(8-12(15)14-16)7-4-9-2-5-10(13)6-3-9;1-3-7-12(8-4-1)11-13-9-5-2-6-10-13/h2-3,5-6,11,16H,4,7-8H2,1H3,(H,14,15);1,3-4,7-8H,2,5-6,9-11H2. The van der Waals surface area contributed by atoms with Crippen LogP contribution in [0.3, 0.4) is 0 Å². The molecule has 0 saturated carbocycles. The number of carbonyl (C=O) groups excluding carboxylic acids is 1. The average molecular weight is 433 g/mol. The van der Waals surface area contributed by atoms with Gasteiger partial charge in [-0.3, -0.25) is 14.9 Å². The molecule has 3 rings (SSSR count). The summed E-state index contributed by atoms with van der Waals surface area (Å²) in [6, 6.07) is 18.3. The van der Waals surface area contributed by atoms with Gasteiger partial charge in [-0.05, 0) is 62.0 Å². The Morgan fingerprint density at radius 1 is 1.07 bits per heavy atom. The van der Waals surface area contributed by atoms with E-state index in [0.717, 1.165) is 18.5 Å². The van der Waals surface area contributed by atoms with Gasteiger partial charge in [0.2, 0.25) is 5.91 Å². The fourth-order valence-corrected chi connectivity index (χ4v) is 3.62. The van der Waals surface area contributed by atoms with Crippen LogP contribution in [0.4, 0.5) is 0 Å². The molecule has 2 aromatic rings. The molecule has 1 heterocycles. The number of carbonyl (C=O) groups is 1. The van der Waals surface area contributed by atoms with Crippen LogP contribution in [0.25, 0.3) is 0 Å². The van der Waals surface area contributed by atoms with Gasteiger partial charge in [0.1, 0.15) is 0 Å². The van der Waals surface area contributed by atoms with Gasteiger partial charge in [0.25, 0.3) is 0 Å². The molecular weight excluding hydrogens is 400 g/mol. The van der Waals surface area contributed by atoms with E-state index in [0.29, 0.717) is 11.4 Å². The van der Waals surface area contributed by atoms with Crippen molar-refractivity contribution in [1.29, 1.82) is 0 Å². The molecule has 1 atom stereocenters. The number of hydroxylamine groups is 1. The lowest BCUT2D eigenvalue weighted by Crippen LogP contribution is -2.28. The lowest BCUT2D eigenvalue weighted by molar-refractivity contribution is -0.131. The van der Waals surface area contributed by atoms with E-state index < -0.39 is 5.91 Å². The Balaban J connectivity index is 0.000000220. The van der Waals surface area contributed by atoms with Crippen LogP contribution in [0, 0.1) is 0 Å². The van der Waals surface area contributed by atoms with Crippen LogP contribution in [-0.2, 0) is 22.5 Å². The van der Waals surface area contributed by atoms with Crippen LogP contribution >= 0.6 is 11.6 Å². The van der Waals surface area contributed by atoms with Gasteiger partial charge in [0.05, 0.1) is 12.5 Å². The van der Waals surface area contributed by atoms with Gasteiger partial charge in [-0.15, -0.1) is 0 Å². The van der Waals surface area contributed by atoms with Gasteiger partial charge in [0.15, 0.2) is 0 Å². The number of halogens is 1. The quantitative estimate of drug-likeness (QED) is 0.462. The molecule has 1 saturated heterocycles. The minimum absolute atomic E-state index is 0.153. The van der Waals surface area contributed by atoms with E-state index in [1.807, 2.05) is 24.3 Å².